The molecule has 0 amide bonds. The van der Waals surface area contributed by atoms with Crippen molar-refractivity contribution in [2.24, 2.45) is 0 Å². The van der Waals surface area contributed by atoms with E-state index in [2.05, 4.69) is 16.4 Å². The summed E-state index contributed by atoms with van der Waals surface area (Å²) in [5.74, 6) is -0.0754. The van der Waals surface area contributed by atoms with Gasteiger partial charge >= 0.3 is 0 Å². The molecule has 2 nitrogen and oxygen atoms in total. The van der Waals surface area contributed by atoms with Gasteiger partial charge in [-0.05, 0) is 42.9 Å². The molecule has 1 heterocycles. The van der Waals surface area contributed by atoms with E-state index in [0.717, 1.165) is 29.0 Å². The zero-order chi connectivity index (χ0) is 12.9. The highest BCUT2D eigenvalue weighted by atomic mass is 32.1. The van der Waals surface area contributed by atoms with Gasteiger partial charge in [0.2, 0.25) is 0 Å². The highest BCUT2D eigenvalue weighted by Crippen LogP contribution is 2.45. The molecule has 2 aliphatic carbocycles. The lowest BCUT2D eigenvalue weighted by molar-refractivity contribution is 0.393. The monoisotopic (exact) mass is 274 g/mol. The van der Waals surface area contributed by atoms with Gasteiger partial charge in [-0.1, -0.05) is 12.1 Å². The topological polar surface area (TPSA) is 24.9 Å². The zero-order valence-corrected chi connectivity index (χ0v) is 11.3. The maximum Gasteiger partial charge on any atom is 0.126 e. The van der Waals surface area contributed by atoms with E-state index in [-0.39, 0.29) is 11.4 Å². The Labute approximate surface area is 115 Å². The summed E-state index contributed by atoms with van der Waals surface area (Å²) >= 11 is 1.66. The van der Waals surface area contributed by atoms with E-state index >= 15 is 0 Å². The third kappa shape index (κ3) is 1.74. The van der Waals surface area contributed by atoms with Gasteiger partial charge in [0.15, 0.2) is 0 Å². The Hall–Kier alpha value is -1.26. The molecule has 0 bridgehead atoms. The number of benzene rings is 1. The molecule has 0 radical (unpaired) electrons. The van der Waals surface area contributed by atoms with Gasteiger partial charge < -0.3 is 0 Å². The highest BCUT2D eigenvalue weighted by molar-refractivity contribution is 7.09. The Morgan fingerprint density at radius 3 is 3.00 bits per heavy atom. The number of thiazole rings is 1. The van der Waals surface area contributed by atoms with Crippen LogP contribution in [-0.4, -0.2) is 11.0 Å². The van der Waals surface area contributed by atoms with Gasteiger partial charge in [-0.15, -0.1) is 11.3 Å². The van der Waals surface area contributed by atoms with Crippen LogP contribution >= 0.6 is 11.3 Å². The van der Waals surface area contributed by atoms with Crippen molar-refractivity contribution in [3.63, 3.8) is 0 Å². The molecular weight excluding hydrogens is 259 g/mol. The maximum absolute atomic E-state index is 14.0. The van der Waals surface area contributed by atoms with E-state index in [9.17, 15) is 4.39 Å². The Morgan fingerprint density at radius 1 is 1.37 bits per heavy atom. The molecule has 1 saturated carbocycles. The Balaban J connectivity index is 1.88. The molecule has 4 heteroatoms. The summed E-state index contributed by atoms with van der Waals surface area (Å²) in [6.45, 7) is 0. The SMILES string of the molecule is Fc1cccc2c1CCC2(NC1CC1)c1nccs1. The van der Waals surface area contributed by atoms with Crippen LogP contribution in [0.1, 0.15) is 35.4 Å². The Kier molecular flexibility index (Phi) is 2.50. The second kappa shape index (κ2) is 4.12. The van der Waals surface area contributed by atoms with E-state index in [1.165, 1.54) is 12.8 Å². The van der Waals surface area contributed by atoms with Gasteiger partial charge in [0.05, 0.1) is 5.54 Å². The van der Waals surface area contributed by atoms with Gasteiger partial charge in [0.25, 0.3) is 0 Å². The average molecular weight is 274 g/mol. The van der Waals surface area contributed by atoms with Crippen LogP contribution in [0.15, 0.2) is 29.8 Å². The predicted molar refractivity (Wildman–Crippen MR) is 73.8 cm³/mol. The lowest BCUT2D eigenvalue weighted by atomic mass is 9.92. The van der Waals surface area contributed by atoms with Crippen molar-refractivity contribution in [1.82, 2.24) is 10.3 Å². The quantitative estimate of drug-likeness (QED) is 0.929. The molecule has 1 N–H and O–H groups in total. The summed E-state index contributed by atoms with van der Waals surface area (Å²) in [4.78, 5) is 4.51. The van der Waals surface area contributed by atoms with Crippen LogP contribution < -0.4 is 5.32 Å². The summed E-state index contributed by atoms with van der Waals surface area (Å²) in [7, 11) is 0. The van der Waals surface area contributed by atoms with Crippen LogP contribution in [0.3, 0.4) is 0 Å². The molecule has 0 saturated heterocycles. The number of nitrogens with zero attached hydrogens (tertiary/aromatic N) is 1. The van der Waals surface area contributed by atoms with Crippen LogP contribution in [0, 0.1) is 5.82 Å². The lowest BCUT2D eigenvalue weighted by Gasteiger charge is -2.30. The minimum absolute atomic E-state index is 0.0754. The molecule has 2 aromatic rings. The smallest absolute Gasteiger partial charge is 0.126 e. The van der Waals surface area contributed by atoms with Crippen molar-refractivity contribution in [3.8, 4) is 0 Å². The van der Waals surface area contributed by atoms with Gasteiger partial charge in [0, 0.05) is 17.6 Å². The molecule has 1 aromatic heterocycles. The molecule has 0 spiro atoms. The molecule has 1 unspecified atom stereocenters. The van der Waals surface area contributed by atoms with Crippen LogP contribution in [0.2, 0.25) is 0 Å². The number of nitrogens with one attached hydrogen (secondary N) is 1. The van der Waals surface area contributed by atoms with Gasteiger partial charge in [-0.25, -0.2) is 9.37 Å². The zero-order valence-electron chi connectivity index (χ0n) is 10.5. The summed E-state index contributed by atoms with van der Waals surface area (Å²) in [6.07, 6.45) is 5.98. The van der Waals surface area contributed by atoms with E-state index in [4.69, 9.17) is 0 Å². The fourth-order valence-electron chi connectivity index (χ4n) is 3.10. The maximum atomic E-state index is 14.0. The number of halogens is 1. The number of aromatic nitrogens is 1. The molecular formula is C15H15FN2S. The third-order valence-electron chi connectivity index (χ3n) is 4.15. The van der Waals surface area contributed by atoms with Crippen LogP contribution in [0.4, 0.5) is 4.39 Å². The standard InChI is InChI=1S/C15H15FN2S/c16-13-3-1-2-12-11(13)6-7-15(12,18-10-4-5-10)14-17-8-9-19-14/h1-3,8-10,18H,4-7H2. The van der Waals surface area contributed by atoms with Gasteiger partial charge in [0.1, 0.15) is 10.8 Å². The van der Waals surface area contributed by atoms with Crippen molar-refractivity contribution in [2.75, 3.05) is 0 Å². The molecule has 1 atom stereocenters. The Morgan fingerprint density at radius 2 is 2.26 bits per heavy atom. The Bertz CT molecular complexity index is 607. The predicted octanol–water partition coefficient (Wildman–Crippen LogP) is 3.22. The number of hydrogen-bond acceptors (Lipinski definition) is 3. The molecule has 0 aliphatic heterocycles. The van der Waals surface area contributed by atoms with Crippen LogP contribution in [0.25, 0.3) is 0 Å². The van der Waals surface area contributed by atoms with E-state index in [0.29, 0.717) is 6.04 Å². The molecule has 19 heavy (non-hydrogen) atoms. The van der Waals surface area contributed by atoms with Crippen LogP contribution in [-0.2, 0) is 12.0 Å². The van der Waals surface area contributed by atoms with Crippen molar-refractivity contribution < 1.29 is 4.39 Å². The van der Waals surface area contributed by atoms with Crippen molar-refractivity contribution >= 4 is 11.3 Å². The first-order valence-corrected chi connectivity index (χ1v) is 7.63. The first-order chi connectivity index (χ1) is 9.29. The summed E-state index contributed by atoms with van der Waals surface area (Å²) in [5, 5.41) is 6.81. The summed E-state index contributed by atoms with van der Waals surface area (Å²) in [6, 6.07) is 6.00. The van der Waals surface area contributed by atoms with Crippen molar-refractivity contribution in [3.05, 3.63) is 51.7 Å². The third-order valence-corrected chi connectivity index (χ3v) is 5.09. The molecule has 4 rings (SSSR count). The number of fused-ring (bicyclic) bond motifs is 1. The highest BCUT2D eigenvalue weighted by Gasteiger charge is 2.46. The van der Waals surface area contributed by atoms with Crippen LogP contribution in [0.5, 0.6) is 0 Å². The minimum atomic E-state index is -0.257. The molecule has 98 valence electrons. The minimum Gasteiger partial charge on any atom is -0.299 e. The first kappa shape index (κ1) is 11.6. The average Bonchev–Trinajstić information content (AvgIpc) is 2.92. The molecule has 1 fully saturated rings. The second-order valence-electron chi connectivity index (χ2n) is 5.43. The van der Waals surface area contributed by atoms with Crippen molar-refractivity contribution in [1.29, 1.82) is 0 Å². The number of hydrogen-bond donors (Lipinski definition) is 1. The summed E-state index contributed by atoms with van der Waals surface area (Å²) < 4.78 is 14.0. The lowest BCUT2D eigenvalue weighted by Crippen LogP contribution is -2.42. The number of rotatable bonds is 3. The normalized spacial score (nSPS) is 25.5. The second-order valence-corrected chi connectivity index (χ2v) is 6.32. The summed E-state index contributed by atoms with van der Waals surface area (Å²) in [5.41, 5.74) is 1.70. The fourth-order valence-corrected chi connectivity index (χ4v) is 3.95. The van der Waals surface area contributed by atoms with E-state index in [1.807, 2.05) is 17.6 Å². The first-order valence-electron chi connectivity index (χ1n) is 6.75. The van der Waals surface area contributed by atoms with Gasteiger partial charge in [-0.3, -0.25) is 5.32 Å². The van der Waals surface area contributed by atoms with Crippen molar-refractivity contribution in [2.45, 2.75) is 37.3 Å². The fraction of sp³-hybridized carbons (Fsp3) is 0.400. The van der Waals surface area contributed by atoms with Gasteiger partial charge in [-0.2, -0.15) is 0 Å². The molecule has 2 aliphatic rings. The largest absolute Gasteiger partial charge is 0.299 e. The van der Waals surface area contributed by atoms with E-state index in [1.54, 1.807) is 17.4 Å². The van der Waals surface area contributed by atoms with E-state index < -0.39 is 0 Å². The molecule has 1 aromatic carbocycles.